The normalized spacial score (nSPS) is 10.6. The largest absolute Gasteiger partial charge is 0.298 e. The highest BCUT2D eigenvalue weighted by atomic mass is 16.1. The van der Waals surface area contributed by atoms with Gasteiger partial charge in [-0.15, -0.1) is 5.10 Å². The minimum Gasteiger partial charge on any atom is -0.298 e. The van der Waals surface area contributed by atoms with Crippen LogP contribution in [0.3, 0.4) is 0 Å². The molecule has 0 amide bonds. The molecule has 3 aromatic rings. The van der Waals surface area contributed by atoms with Crippen molar-refractivity contribution in [1.29, 1.82) is 0 Å². The van der Waals surface area contributed by atoms with Gasteiger partial charge in [-0.2, -0.15) is 0 Å². The minimum atomic E-state index is 0.600. The lowest BCUT2D eigenvalue weighted by Crippen LogP contribution is -2.00. The Morgan fingerprint density at radius 3 is 2.65 bits per heavy atom. The second-order valence-electron chi connectivity index (χ2n) is 3.67. The molecule has 0 fully saturated rings. The summed E-state index contributed by atoms with van der Waals surface area (Å²) < 4.78 is 1.68. The van der Waals surface area contributed by atoms with E-state index in [0.717, 1.165) is 23.0 Å². The van der Waals surface area contributed by atoms with Crippen molar-refractivity contribution in [2.24, 2.45) is 0 Å². The summed E-state index contributed by atoms with van der Waals surface area (Å²) in [6.45, 7) is 0. The number of nitrogens with zero attached hydrogens (tertiary/aromatic N) is 3. The zero-order valence-corrected chi connectivity index (χ0v) is 8.95. The van der Waals surface area contributed by atoms with Crippen LogP contribution in [-0.4, -0.2) is 21.3 Å². The van der Waals surface area contributed by atoms with Crippen LogP contribution in [0.25, 0.3) is 16.7 Å². The van der Waals surface area contributed by atoms with E-state index in [-0.39, 0.29) is 0 Å². The number of hydrogen-bond donors (Lipinski definition) is 0. The van der Waals surface area contributed by atoms with Crippen molar-refractivity contribution in [3.63, 3.8) is 0 Å². The van der Waals surface area contributed by atoms with Gasteiger partial charge in [0.15, 0.2) is 6.29 Å². The Balaban J connectivity index is 2.31. The molecule has 0 radical (unpaired) electrons. The maximum absolute atomic E-state index is 11.0. The van der Waals surface area contributed by atoms with E-state index in [1.54, 1.807) is 10.7 Å². The molecule has 0 saturated carbocycles. The van der Waals surface area contributed by atoms with Crippen molar-refractivity contribution < 1.29 is 4.79 Å². The summed E-state index contributed by atoms with van der Waals surface area (Å²) in [6, 6.07) is 15.0. The molecule has 2 aromatic carbocycles. The van der Waals surface area contributed by atoms with Gasteiger partial charge in [0.05, 0.1) is 11.2 Å². The number of carbonyl (C=O) groups excluding carboxylic acids is 1. The van der Waals surface area contributed by atoms with E-state index in [2.05, 4.69) is 10.3 Å². The molecule has 0 N–H and O–H groups in total. The molecule has 0 aliphatic heterocycles. The fourth-order valence-corrected chi connectivity index (χ4v) is 1.83. The van der Waals surface area contributed by atoms with Gasteiger partial charge in [-0.05, 0) is 24.3 Å². The molecule has 0 aliphatic carbocycles. The first-order valence-electron chi connectivity index (χ1n) is 5.25. The number of aromatic nitrogens is 3. The number of carbonyl (C=O) groups is 1. The van der Waals surface area contributed by atoms with E-state index in [4.69, 9.17) is 0 Å². The monoisotopic (exact) mass is 223 g/mol. The first-order chi connectivity index (χ1) is 8.40. The molecule has 0 atom stereocenters. The minimum absolute atomic E-state index is 0.600. The number of para-hydroxylation sites is 2. The van der Waals surface area contributed by atoms with Gasteiger partial charge in [0.1, 0.15) is 5.52 Å². The van der Waals surface area contributed by atoms with E-state index >= 15 is 0 Å². The van der Waals surface area contributed by atoms with Gasteiger partial charge >= 0.3 is 0 Å². The van der Waals surface area contributed by atoms with Gasteiger partial charge in [0.2, 0.25) is 0 Å². The maximum atomic E-state index is 11.0. The number of aldehydes is 1. The number of benzene rings is 2. The third-order valence-corrected chi connectivity index (χ3v) is 2.64. The molecule has 0 bridgehead atoms. The van der Waals surface area contributed by atoms with E-state index in [0.29, 0.717) is 5.56 Å². The van der Waals surface area contributed by atoms with Crippen LogP contribution in [0.2, 0.25) is 0 Å². The highest BCUT2D eigenvalue weighted by molar-refractivity contribution is 5.83. The van der Waals surface area contributed by atoms with Crippen LogP contribution in [0.15, 0.2) is 48.5 Å². The van der Waals surface area contributed by atoms with Crippen LogP contribution >= 0.6 is 0 Å². The summed E-state index contributed by atoms with van der Waals surface area (Å²) in [5.74, 6) is 0. The topological polar surface area (TPSA) is 47.8 Å². The molecule has 0 aliphatic rings. The Labute approximate surface area is 97.5 Å². The molecule has 1 aromatic heterocycles. The molecule has 1 heterocycles. The first-order valence-corrected chi connectivity index (χ1v) is 5.25. The van der Waals surface area contributed by atoms with Gasteiger partial charge < -0.3 is 0 Å². The third-order valence-electron chi connectivity index (χ3n) is 2.64. The second-order valence-corrected chi connectivity index (χ2v) is 3.67. The van der Waals surface area contributed by atoms with E-state index in [9.17, 15) is 4.79 Å². The van der Waals surface area contributed by atoms with Gasteiger partial charge in [-0.3, -0.25) is 4.79 Å². The smallest absolute Gasteiger partial charge is 0.152 e. The standard InChI is InChI=1S/C13H9N3O/c17-9-10-5-1-3-7-12(10)16-13-8-4-2-6-11(13)14-15-16/h1-9H. The predicted octanol–water partition coefficient (Wildman–Crippen LogP) is 2.23. The van der Waals surface area contributed by atoms with Crippen LogP contribution in [0.5, 0.6) is 0 Å². The highest BCUT2D eigenvalue weighted by Crippen LogP contribution is 2.17. The molecule has 0 unspecified atom stereocenters. The molecule has 0 saturated heterocycles. The quantitative estimate of drug-likeness (QED) is 0.626. The Morgan fingerprint density at radius 1 is 1.00 bits per heavy atom. The van der Waals surface area contributed by atoms with Crippen molar-refractivity contribution in [3.05, 3.63) is 54.1 Å². The molecule has 17 heavy (non-hydrogen) atoms. The van der Waals surface area contributed by atoms with Crippen LogP contribution in [0.1, 0.15) is 10.4 Å². The maximum Gasteiger partial charge on any atom is 0.152 e. The van der Waals surface area contributed by atoms with Gasteiger partial charge in [0.25, 0.3) is 0 Å². The Kier molecular flexibility index (Phi) is 2.19. The lowest BCUT2D eigenvalue weighted by Gasteiger charge is -2.04. The average molecular weight is 223 g/mol. The lowest BCUT2D eigenvalue weighted by molar-refractivity contribution is 0.112. The highest BCUT2D eigenvalue weighted by Gasteiger charge is 2.08. The molecule has 3 rings (SSSR count). The first kappa shape index (κ1) is 9.72. The fourth-order valence-electron chi connectivity index (χ4n) is 1.83. The van der Waals surface area contributed by atoms with Crippen LogP contribution < -0.4 is 0 Å². The van der Waals surface area contributed by atoms with E-state index in [1.807, 2.05) is 42.5 Å². The summed E-state index contributed by atoms with van der Waals surface area (Å²) in [5.41, 5.74) is 3.05. The number of rotatable bonds is 2. The fraction of sp³-hybridized carbons (Fsp3) is 0. The third kappa shape index (κ3) is 1.50. The molecule has 82 valence electrons. The average Bonchev–Trinajstić information content (AvgIpc) is 2.82. The van der Waals surface area contributed by atoms with Crippen LogP contribution in [0, 0.1) is 0 Å². The predicted molar refractivity (Wildman–Crippen MR) is 64.3 cm³/mol. The van der Waals surface area contributed by atoms with Crippen molar-refractivity contribution in [1.82, 2.24) is 15.0 Å². The molecule has 4 heteroatoms. The Hall–Kier alpha value is -2.49. The molecular formula is C13H9N3O. The molecule has 4 nitrogen and oxygen atoms in total. The zero-order valence-electron chi connectivity index (χ0n) is 8.95. The number of hydrogen-bond acceptors (Lipinski definition) is 3. The Bertz CT molecular complexity index is 688. The van der Waals surface area contributed by atoms with Crippen molar-refractivity contribution in [3.8, 4) is 5.69 Å². The van der Waals surface area contributed by atoms with E-state index in [1.165, 1.54) is 0 Å². The summed E-state index contributed by atoms with van der Waals surface area (Å²) in [5, 5.41) is 8.15. The zero-order chi connectivity index (χ0) is 11.7. The van der Waals surface area contributed by atoms with Crippen LogP contribution in [-0.2, 0) is 0 Å². The summed E-state index contributed by atoms with van der Waals surface area (Å²) >= 11 is 0. The Morgan fingerprint density at radius 2 is 1.76 bits per heavy atom. The molecule has 0 spiro atoms. The molecular weight excluding hydrogens is 214 g/mol. The summed E-state index contributed by atoms with van der Waals surface area (Å²) in [7, 11) is 0. The van der Waals surface area contributed by atoms with Crippen molar-refractivity contribution >= 4 is 17.3 Å². The van der Waals surface area contributed by atoms with Gasteiger partial charge in [0, 0.05) is 5.56 Å². The van der Waals surface area contributed by atoms with E-state index < -0.39 is 0 Å². The summed E-state index contributed by atoms with van der Waals surface area (Å²) in [6.07, 6.45) is 0.825. The van der Waals surface area contributed by atoms with Crippen molar-refractivity contribution in [2.45, 2.75) is 0 Å². The van der Waals surface area contributed by atoms with Gasteiger partial charge in [-0.1, -0.05) is 29.5 Å². The lowest BCUT2D eigenvalue weighted by atomic mass is 10.2. The van der Waals surface area contributed by atoms with Crippen LogP contribution in [0.4, 0.5) is 0 Å². The SMILES string of the molecule is O=Cc1ccccc1-n1nnc2ccccc21. The number of fused-ring (bicyclic) bond motifs is 1. The second kappa shape index (κ2) is 3.83. The van der Waals surface area contributed by atoms with Crippen molar-refractivity contribution in [2.75, 3.05) is 0 Å². The summed E-state index contributed by atoms with van der Waals surface area (Å²) in [4.78, 5) is 11.0. The van der Waals surface area contributed by atoms with Gasteiger partial charge in [-0.25, -0.2) is 4.68 Å².